The van der Waals surface area contributed by atoms with Crippen molar-refractivity contribution in [2.75, 3.05) is 26.2 Å². The maximum atomic E-state index is 13.2. The third kappa shape index (κ3) is 2.86. The van der Waals surface area contributed by atoms with Crippen LogP contribution in [0.4, 0.5) is 4.39 Å². The van der Waals surface area contributed by atoms with Gasteiger partial charge < -0.3 is 0 Å². The topological polar surface area (TPSA) is 40.6 Å². The SMILES string of the molecule is CC1(C)CN2CCN(S(=O)(=O)c3ccc(F)cc3)CC2c2ccccc21. The van der Waals surface area contributed by atoms with Gasteiger partial charge in [-0.3, -0.25) is 4.90 Å². The fourth-order valence-electron chi connectivity index (χ4n) is 4.25. The van der Waals surface area contributed by atoms with Gasteiger partial charge in [-0.25, -0.2) is 12.8 Å². The van der Waals surface area contributed by atoms with E-state index >= 15 is 0 Å². The number of rotatable bonds is 2. The van der Waals surface area contributed by atoms with Gasteiger partial charge in [0.25, 0.3) is 0 Å². The lowest BCUT2D eigenvalue weighted by Gasteiger charge is -2.49. The first-order valence-corrected chi connectivity index (χ1v) is 10.3. The van der Waals surface area contributed by atoms with Crippen molar-refractivity contribution >= 4 is 10.0 Å². The number of benzene rings is 2. The Kier molecular flexibility index (Phi) is 4.17. The largest absolute Gasteiger partial charge is 0.293 e. The highest BCUT2D eigenvalue weighted by Crippen LogP contribution is 2.41. The lowest BCUT2D eigenvalue weighted by molar-refractivity contribution is 0.0807. The first kappa shape index (κ1) is 17.6. The molecule has 1 unspecified atom stereocenters. The maximum Gasteiger partial charge on any atom is 0.243 e. The highest BCUT2D eigenvalue weighted by molar-refractivity contribution is 7.89. The molecule has 4 nitrogen and oxygen atoms in total. The molecule has 2 heterocycles. The molecule has 2 aromatic rings. The predicted octanol–water partition coefficient (Wildman–Crippen LogP) is 3.16. The molecule has 1 saturated heterocycles. The van der Waals surface area contributed by atoms with Crippen LogP contribution >= 0.6 is 0 Å². The third-order valence-corrected chi connectivity index (χ3v) is 7.43. The van der Waals surface area contributed by atoms with Gasteiger partial charge in [-0.05, 0) is 35.4 Å². The molecule has 0 aromatic heterocycles. The number of nitrogens with zero attached hydrogens (tertiary/aromatic N) is 2. The molecule has 2 aliphatic rings. The maximum absolute atomic E-state index is 13.2. The number of fused-ring (bicyclic) bond motifs is 3. The van der Waals surface area contributed by atoms with E-state index in [0.29, 0.717) is 19.6 Å². The normalized spacial score (nSPS) is 23.3. The van der Waals surface area contributed by atoms with Gasteiger partial charge in [0.1, 0.15) is 5.82 Å². The highest BCUT2D eigenvalue weighted by Gasteiger charge is 2.42. The highest BCUT2D eigenvalue weighted by atomic mass is 32.2. The summed E-state index contributed by atoms with van der Waals surface area (Å²) in [5, 5.41) is 0. The van der Waals surface area contributed by atoms with Gasteiger partial charge in [-0.1, -0.05) is 38.1 Å². The second-order valence-electron chi connectivity index (χ2n) is 7.77. The van der Waals surface area contributed by atoms with Crippen LogP contribution in [0.5, 0.6) is 0 Å². The molecule has 2 aromatic carbocycles. The van der Waals surface area contributed by atoms with Crippen LogP contribution in [0.2, 0.25) is 0 Å². The lowest BCUT2D eigenvalue weighted by Crippen LogP contribution is -2.55. The van der Waals surface area contributed by atoms with E-state index < -0.39 is 15.8 Å². The summed E-state index contributed by atoms with van der Waals surface area (Å²) in [4.78, 5) is 2.54. The fourth-order valence-corrected chi connectivity index (χ4v) is 5.69. The molecular formula is C20H23FN2O2S. The fraction of sp³-hybridized carbons (Fsp3) is 0.400. The molecule has 0 spiro atoms. The van der Waals surface area contributed by atoms with Crippen LogP contribution in [0.25, 0.3) is 0 Å². The smallest absolute Gasteiger partial charge is 0.243 e. The molecule has 0 saturated carbocycles. The van der Waals surface area contributed by atoms with Gasteiger partial charge in [0, 0.05) is 37.6 Å². The molecule has 1 atom stereocenters. The van der Waals surface area contributed by atoms with Crippen LogP contribution in [-0.4, -0.2) is 43.8 Å². The Morgan fingerprint density at radius 2 is 1.73 bits per heavy atom. The van der Waals surface area contributed by atoms with Gasteiger partial charge in [0.2, 0.25) is 10.0 Å². The summed E-state index contributed by atoms with van der Waals surface area (Å²) in [6.07, 6.45) is 0. The molecule has 0 amide bonds. The monoisotopic (exact) mass is 374 g/mol. The van der Waals surface area contributed by atoms with E-state index in [9.17, 15) is 12.8 Å². The quantitative estimate of drug-likeness (QED) is 0.811. The molecule has 4 rings (SSSR count). The molecule has 0 N–H and O–H groups in total. The van der Waals surface area contributed by atoms with Crippen molar-refractivity contribution in [1.29, 1.82) is 0 Å². The molecule has 138 valence electrons. The van der Waals surface area contributed by atoms with Crippen LogP contribution in [0.1, 0.15) is 31.0 Å². The summed E-state index contributed by atoms with van der Waals surface area (Å²) in [5.41, 5.74) is 2.55. The number of sulfonamides is 1. The molecule has 0 bridgehead atoms. The molecule has 26 heavy (non-hydrogen) atoms. The van der Waals surface area contributed by atoms with Gasteiger partial charge >= 0.3 is 0 Å². The van der Waals surface area contributed by atoms with Gasteiger partial charge in [0.15, 0.2) is 0 Å². The molecular weight excluding hydrogens is 351 g/mol. The predicted molar refractivity (Wildman–Crippen MR) is 98.9 cm³/mol. The first-order chi connectivity index (χ1) is 12.3. The number of halogens is 1. The Morgan fingerprint density at radius 3 is 2.46 bits per heavy atom. The molecule has 6 heteroatoms. The zero-order valence-electron chi connectivity index (χ0n) is 15.0. The van der Waals surface area contributed by atoms with E-state index in [1.165, 1.54) is 39.7 Å². The van der Waals surface area contributed by atoms with Crippen molar-refractivity contribution < 1.29 is 12.8 Å². The third-order valence-electron chi connectivity index (χ3n) is 5.55. The zero-order valence-corrected chi connectivity index (χ0v) is 15.8. The average molecular weight is 374 g/mol. The van der Waals surface area contributed by atoms with Crippen molar-refractivity contribution in [3.8, 4) is 0 Å². The van der Waals surface area contributed by atoms with E-state index in [1.54, 1.807) is 0 Å². The summed E-state index contributed by atoms with van der Waals surface area (Å²) < 4.78 is 40.7. The summed E-state index contributed by atoms with van der Waals surface area (Å²) in [5.74, 6) is -0.433. The van der Waals surface area contributed by atoms with Crippen LogP contribution in [-0.2, 0) is 15.4 Å². The Bertz CT molecular complexity index is 925. The Labute approximate surface area is 154 Å². The minimum Gasteiger partial charge on any atom is -0.293 e. The number of piperazine rings is 1. The van der Waals surface area contributed by atoms with Crippen LogP contribution in [0.15, 0.2) is 53.4 Å². The molecule has 2 aliphatic heterocycles. The van der Waals surface area contributed by atoms with Crippen molar-refractivity contribution in [2.24, 2.45) is 0 Å². The van der Waals surface area contributed by atoms with Gasteiger partial charge in [-0.2, -0.15) is 4.31 Å². The second kappa shape index (κ2) is 6.15. The molecule has 0 radical (unpaired) electrons. The molecule has 1 fully saturated rings. The Hall–Kier alpha value is -1.76. The van der Waals surface area contributed by atoms with Gasteiger partial charge in [-0.15, -0.1) is 0 Å². The van der Waals surface area contributed by atoms with Crippen molar-refractivity contribution in [2.45, 2.75) is 30.2 Å². The standard InChI is InChI=1S/C20H23FN2O2S/c1-20(2)14-22-11-12-23(13-19(22)17-5-3-4-6-18(17)20)26(24,25)16-9-7-15(21)8-10-16/h3-10,19H,11-14H2,1-2H3. The van der Waals surface area contributed by atoms with Crippen LogP contribution in [0, 0.1) is 5.82 Å². The van der Waals surface area contributed by atoms with E-state index in [1.807, 2.05) is 12.1 Å². The van der Waals surface area contributed by atoms with Crippen molar-refractivity contribution in [3.63, 3.8) is 0 Å². The molecule has 0 aliphatic carbocycles. The van der Waals surface area contributed by atoms with Crippen LogP contribution < -0.4 is 0 Å². The van der Waals surface area contributed by atoms with E-state index in [4.69, 9.17) is 0 Å². The minimum absolute atomic E-state index is 0.0467. The van der Waals surface area contributed by atoms with Crippen molar-refractivity contribution in [3.05, 3.63) is 65.5 Å². The summed E-state index contributed by atoms with van der Waals surface area (Å²) in [6.45, 7) is 6.97. The Morgan fingerprint density at radius 1 is 1.04 bits per heavy atom. The lowest BCUT2D eigenvalue weighted by atomic mass is 9.75. The number of hydrogen-bond donors (Lipinski definition) is 0. The summed E-state index contributed by atoms with van der Waals surface area (Å²) >= 11 is 0. The van der Waals surface area contributed by atoms with Gasteiger partial charge in [0.05, 0.1) is 4.90 Å². The average Bonchev–Trinajstić information content (AvgIpc) is 2.61. The first-order valence-electron chi connectivity index (χ1n) is 8.88. The van der Waals surface area contributed by atoms with Crippen molar-refractivity contribution in [1.82, 2.24) is 9.21 Å². The van der Waals surface area contributed by atoms with E-state index in [-0.39, 0.29) is 16.4 Å². The summed E-state index contributed by atoms with van der Waals surface area (Å²) in [6, 6.07) is 13.5. The minimum atomic E-state index is -3.62. The summed E-state index contributed by atoms with van der Waals surface area (Å²) in [7, 11) is -3.62. The zero-order chi connectivity index (χ0) is 18.5. The number of hydrogen-bond acceptors (Lipinski definition) is 3. The van der Waals surface area contributed by atoms with Crippen LogP contribution in [0.3, 0.4) is 0 Å². The van der Waals surface area contributed by atoms with E-state index in [2.05, 4.69) is 30.9 Å². The Balaban J connectivity index is 1.68. The second-order valence-corrected chi connectivity index (χ2v) is 9.71. The van der Waals surface area contributed by atoms with E-state index in [0.717, 1.165) is 6.54 Å².